The van der Waals surface area contributed by atoms with Crippen LogP contribution >= 0.6 is 15.9 Å². The Morgan fingerprint density at radius 3 is 2.28 bits per heavy atom. The Balaban J connectivity index is 1.74. The number of nitrogens with zero attached hydrogens (tertiary/aromatic N) is 4. The monoisotopic (exact) mass is 532 g/mol. The standard InChI is InChI=1S/C18H16BrF3N6O3S/c1-10-14(19)15(18(20,21)22)26-28(10)11(2)16(29)25-12-4-6-13(7-5-12)32(30,31)27-17-23-8-3-9-24-17/h3-9,11H,1-2H3,(H,25,29)(H,23,24,27). The van der Waals surface area contributed by atoms with Crippen LogP contribution in [0, 0.1) is 6.92 Å². The molecule has 0 spiro atoms. The molecule has 3 rings (SSSR count). The summed E-state index contributed by atoms with van der Waals surface area (Å²) in [5.74, 6) is -0.735. The third-order valence-electron chi connectivity index (χ3n) is 4.32. The van der Waals surface area contributed by atoms with E-state index >= 15 is 0 Å². The molecule has 14 heteroatoms. The Bertz CT molecular complexity index is 1230. The zero-order valence-corrected chi connectivity index (χ0v) is 19.0. The van der Waals surface area contributed by atoms with Gasteiger partial charge in [0.05, 0.1) is 15.1 Å². The van der Waals surface area contributed by atoms with E-state index in [2.05, 4.69) is 41.0 Å². The van der Waals surface area contributed by atoms with Gasteiger partial charge in [0.25, 0.3) is 10.0 Å². The number of alkyl halides is 3. The number of nitrogens with one attached hydrogen (secondary N) is 2. The van der Waals surface area contributed by atoms with Crippen molar-refractivity contribution < 1.29 is 26.4 Å². The summed E-state index contributed by atoms with van der Waals surface area (Å²) < 4.78 is 66.9. The molecule has 3 aromatic rings. The molecule has 1 atom stereocenters. The molecule has 170 valence electrons. The van der Waals surface area contributed by atoms with Gasteiger partial charge in [0.2, 0.25) is 11.9 Å². The van der Waals surface area contributed by atoms with Crippen molar-refractivity contribution in [2.24, 2.45) is 0 Å². The number of rotatable bonds is 6. The Hall–Kier alpha value is -3.00. The third kappa shape index (κ3) is 5.07. The average Bonchev–Trinajstić information content (AvgIpc) is 3.03. The minimum atomic E-state index is -4.68. The van der Waals surface area contributed by atoms with Crippen molar-refractivity contribution in [1.82, 2.24) is 19.7 Å². The molecular weight excluding hydrogens is 517 g/mol. The molecule has 0 saturated carbocycles. The second-order valence-electron chi connectivity index (χ2n) is 6.56. The minimum absolute atomic E-state index is 0.0994. The van der Waals surface area contributed by atoms with Crippen LogP contribution in [0.2, 0.25) is 0 Å². The van der Waals surface area contributed by atoms with Crippen molar-refractivity contribution >= 4 is 43.5 Å². The highest BCUT2D eigenvalue weighted by Gasteiger charge is 2.39. The fourth-order valence-electron chi connectivity index (χ4n) is 2.66. The lowest BCUT2D eigenvalue weighted by molar-refractivity contribution is -0.142. The SMILES string of the molecule is Cc1c(Br)c(C(F)(F)F)nn1C(C)C(=O)Nc1ccc(S(=O)(=O)Nc2ncccn2)cc1. The van der Waals surface area contributed by atoms with Gasteiger partial charge in [0, 0.05) is 18.1 Å². The lowest BCUT2D eigenvalue weighted by atomic mass is 10.2. The Labute approximate surface area is 189 Å². The zero-order valence-electron chi connectivity index (χ0n) is 16.6. The highest BCUT2D eigenvalue weighted by Crippen LogP contribution is 2.36. The second kappa shape index (κ2) is 8.86. The van der Waals surface area contributed by atoms with Gasteiger partial charge in [-0.2, -0.15) is 18.3 Å². The second-order valence-corrected chi connectivity index (χ2v) is 9.03. The molecule has 0 fully saturated rings. The molecule has 0 bridgehead atoms. The maximum atomic E-state index is 13.1. The van der Waals surface area contributed by atoms with Crippen LogP contribution in [0.5, 0.6) is 0 Å². The highest BCUT2D eigenvalue weighted by molar-refractivity contribution is 9.10. The van der Waals surface area contributed by atoms with Gasteiger partial charge in [-0.15, -0.1) is 0 Å². The van der Waals surface area contributed by atoms with Gasteiger partial charge in [-0.1, -0.05) is 0 Å². The van der Waals surface area contributed by atoms with Crippen LogP contribution in [0.25, 0.3) is 0 Å². The number of halogens is 4. The van der Waals surface area contributed by atoms with Gasteiger partial charge in [0.15, 0.2) is 5.69 Å². The van der Waals surface area contributed by atoms with E-state index in [-0.39, 0.29) is 26.7 Å². The molecule has 2 N–H and O–H groups in total. The first kappa shape index (κ1) is 23.7. The number of amides is 1. The van der Waals surface area contributed by atoms with Crippen LogP contribution in [0.3, 0.4) is 0 Å². The molecule has 2 aromatic heterocycles. The number of benzene rings is 1. The van der Waals surface area contributed by atoms with E-state index in [1.165, 1.54) is 56.6 Å². The summed E-state index contributed by atoms with van der Waals surface area (Å²) in [6.07, 6.45) is -1.92. The van der Waals surface area contributed by atoms with Gasteiger partial charge in [0.1, 0.15) is 6.04 Å². The summed E-state index contributed by atoms with van der Waals surface area (Å²) in [5.41, 5.74) is -0.744. The van der Waals surface area contributed by atoms with E-state index in [1.807, 2.05) is 0 Å². The van der Waals surface area contributed by atoms with E-state index in [0.717, 1.165) is 4.68 Å². The topological polar surface area (TPSA) is 119 Å². The van der Waals surface area contributed by atoms with Crippen LogP contribution in [0.4, 0.5) is 24.8 Å². The average molecular weight is 533 g/mol. The number of hydrogen-bond donors (Lipinski definition) is 2. The van der Waals surface area contributed by atoms with E-state index in [4.69, 9.17) is 0 Å². The Kier molecular flexibility index (Phi) is 6.55. The third-order valence-corrected chi connectivity index (χ3v) is 6.61. The normalized spacial score (nSPS) is 12.9. The molecule has 0 aliphatic heterocycles. The maximum absolute atomic E-state index is 13.1. The summed E-state index contributed by atoms with van der Waals surface area (Å²) in [6.45, 7) is 2.80. The molecular formula is C18H16BrF3N6O3S. The lowest BCUT2D eigenvalue weighted by Crippen LogP contribution is -2.25. The first-order valence-electron chi connectivity index (χ1n) is 8.92. The van der Waals surface area contributed by atoms with Crippen LogP contribution in [-0.4, -0.2) is 34.1 Å². The first-order chi connectivity index (χ1) is 14.9. The molecule has 0 saturated heterocycles. The van der Waals surface area contributed by atoms with Gasteiger partial charge in [-0.05, 0) is 60.1 Å². The maximum Gasteiger partial charge on any atom is 0.436 e. The summed E-state index contributed by atoms with van der Waals surface area (Å²) in [7, 11) is -3.95. The van der Waals surface area contributed by atoms with Crippen molar-refractivity contribution in [1.29, 1.82) is 0 Å². The number of carbonyl (C=O) groups is 1. The number of aromatic nitrogens is 4. The zero-order chi connectivity index (χ0) is 23.7. The van der Waals surface area contributed by atoms with Crippen LogP contribution in [-0.2, 0) is 21.0 Å². The minimum Gasteiger partial charge on any atom is -0.324 e. The summed E-state index contributed by atoms with van der Waals surface area (Å²) in [4.78, 5) is 20.0. The fraction of sp³-hybridized carbons (Fsp3) is 0.222. The van der Waals surface area contributed by atoms with Gasteiger partial charge in [-0.25, -0.2) is 23.1 Å². The van der Waals surface area contributed by atoms with E-state index < -0.39 is 33.8 Å². The fourth-order valence-corrected chi connectivity index (χ4v) is 4.11. The van der Waals surface area contributed by atoms with Crippen molar-refractivity contribution in [3.05, 3.63) is 58.6 Å². The van der Waals surface area contributed by atoms with Crippen LogP contribution in [0.15, 0.2) is 52.1 Å². The quantitative estimate of drug-likeness (QED) is 0.498. The van der Waals surface area contributed by atoms with Crippen molar-refractivity contribution in [3.8, 4) is 0 Å². The summed E-state index contributed by atoms with van der Waals surface area (Å²) >= 11 is 2.86. The number of anilines is 2. The molecule has 0 aliphatic rings. The molecule has 0 radical (unpaired) electrons. The Morgan fingerprint density at radius 1 is 1.16 bits per heavy atom. The van der Waals surface area contributed by atoms with E-state index in [9.17, 15) is 26.4 Å². The largest absolute Gasteiger partial charge is 0.436 e. The van der Waals surface area contributed by atoms with E-state index in [1.54, 1.807) is 0 Å². The number of hydrogen-bond acceptors (Lipinski definition) is 6. The van der Waals surface area contributed by atoms with Crippen LogP contribution in [0.1, 0.15) is 24.4 Å². The number of carbonyl (C=O) groups excluding carboxylic acids is 1. The molecule has 9 nitrogen and oxygen atoms in total. The van der Waals surface area contributed by atoms with Gasteiger partial charge in [-0.3, -0.25) is 9.48 Å². The predicted molar refractivity (Wildman–Crippen MR) is 112 cm³/mol. The molecule has 32 heavy (non-hydrogen) atoms. The first-order valence-corrected chi connectivity index (χ1v) is 11.2. The molecule has 0 aliphatic carbocycles. The predicted octanol–water partition coefficient (Wildman–Crippen LogP) is 3.76. The summed E-state index contributed by atoms with van der Waals surface area (Å²) in [6, 6.07) is 5.66. The van der Waals surface area contributed by atoms with Crippen molar-refractivity contribution in [2.75, 3.05) is 10.0 Å². The van der Waals surface area contributed by atoms with E-state index in [0.29, 0.717) is 0 Å². The van der Waals surface area contributed by atoms with Crippen LogP contribution < -0.4 is 10.0 Å². The summed E-state index contributed by atoms with van der Waals surface area (Å²) in [5, 5.41) is 6.04. The molecule has 1 unspecified atom stereocenters. The Morgan fingerprint density at radius 2 is 1.75 bits per heavy atom. The molecule has 1 amide bonds. The lowest BCUT2D eigenvalue weighted by Gasteiger charge is -2.15. The molecule has 1 aromatic carbocycles. The smallest absolute Gasteiger partial charge is 0.324 e. The highest BCUT2D eigenvalue weighted by atomic mass is 79.9. The molecule has 2 heterocycles. The van der Waals surface area contributed by atoms with Gasteiger partial charge < -0.3 is 5.32 Å². The number of sulfonamides is 1. The van der Waals surface area contributed by atoms with Crippen molar-refractivity contribution in [2.45, 2.75) is 31.0 Å². The van der Waals surface area contributed by atoms with Crippen molar-refractivity contribution in [3.63, 3.8) is 0 Å². The van der Waals surface area contributed by atoms with Gasteiger partial charge >= 0.3 is 6.18 Å².